The molecule has 0 atom stereocenters. The van der Waals surface area contributed by atoms with Gasteiger partial charge in [-0.1, -0.05) is 0 Å². The van der Waals surface area contributed by atoms with Gasteiger partial charge in [-0.3, -0.25) is 0 Å². The van der Waals surface area contributed by atoms with Gasteiger partial charge in [0.05, 0.1) is 0 Å². The first-order chi connectivity index (χ1) is 0. The molecule has 0 heterocycles. The first-order valence-corrected chi connectivity index (χ1v) is 0. The Kier molecular flexibility index (Phi) is 29500. The number of quaternary nitrogens is 6. The van der Waals surface area contributed by atoms with Crippen molar-refractivity contribution in [1.82, 2.24) is 36.9 Å². The van der Waals surface area contributed by atoms with Gasteiger partial charge in [0.2, 0.25) is 0 Å². The predicted octanol–water partition coefficient (Wildman–Crippen LogP) is -21.7. The average Bonchev–Trinajstić information content (AvgIpc) is 0. The van der Waals surface area contributed by atoms with Crippen LogP contribution in [-0.4, -0.2) is 0 Å². The fraction of sp³-hybridized carbons (Fsp3) is 0. The minimum absolute atomic E-state index is 0. The minimum Gasteiger partial charge on any atom is -1.00 e. The van der Waals surface area contributed by atoms with Gasteiger partial charge in [0.15, 0.2) is 0 Å². The van der Waals surface area contributed by atoms with Crippen LogP contribution in [0, 0.1) is 0 Å². The molecule has 0 aromatic heterocycles. The van der Waals surface area contributed by atoms with Gasteiger partial charge in [-0.15, -0.1) is 0 Å². The molecule has 0 aliphatic carbocycles. The van der Waals surface area contributed by atoms with E-state index in [1.165, 1.54) is 0 Å². The van der Waals surface area contributed by atoms with Crippen molar-refractivity contribution in [2.75, 3.05) is 0 Å². The first-order valence-electron chi connectivity index (χ1n) is 0. The molecule has 0 amide bonds. The van der Waals surface area contributed by atoms with Crippen molar-refractivity contribution < 1.29 is 116 Å². The summed E-state index contributed by atoms with van der Waals surface area (Å²) >= 11 is 0. The van der Waals surface area contributed by atoms with Crippen molar-refractivity contribution in [2.45, 2.75) is 0 Å². The van der Waals surface area contributed by atoms with Crippen LogP contribution in [0.25, 0.3) is 0 Å². The molecule has 0 aliphatic rings. The van der Waals surface area contributed by atoms with Gasteiger partial charge in [-0.25, -0.2) is 0 Å². The molecule has 0 aliphatic heterocycles. The summed E-state index contributed by atoms with van der Waals surface area (Å²) in [7, 11) is 0. The summed E-state index contributed by atoms with van der Waals surface area (Å²) in [4.78, 5) is 0. The quantitative estimate of drug-likeness (QED) is 0.189. The molecule has 120 valence electrons. The van der Waals surface area contributed by atoms with Crippen molar-refractivity contribution in [2.24, 2.45) is 0 Å². The van der Waals surface area contributed by atoms with E-state index < -0.39 is 0 Å². The summed E-state index contributed by atoms with van der Waals surface area (Å²) in [5.41, 5.74) is 0. The average molecular weight is 451 g/mol. The Morgan fingerprint density at radius 3 is 0.200 bits per heavy atom. The number of rotatable bonds is 0. The van der Waals surface area contributed by atoms with Crippen LogP contribution in [0.2, 0.25) is 0 Å². The summed E-state index contributed by atoms with van der Waals surface area (Å²) in [5, 5.41) is 0. The van der Waals surface area contributed by atoms with E-state index in [1.54, 1.807) is 0 Å². The molecule has 0 aromatic rings. The molecule has 0 unspecified atom stereocenters. The maximum atomic E-state index is 0. The topological polar surface area (TPSA) is 219 Å². The summed E-state index contributed by atoms with van der Waals surface area (Å²) < 4.78 is 0. The van der Waals surface area contributed by atoms with Crippen LogP contribution in [0.5, 0.6) is 0 Å². The smallest absolute Gasteiger partial charge is 1.00 e. The molecule has 6 nitrogen and oxygen atoms in total. The summed E-state index contributed by atoms with van der Waals surface area (Å²) in [5.74, 6) is 0. The Balaban J connectivity index is 0. The molecule has 0 saturated heterocycles. The molecule has 15 heteroatoms. The Hall–Kier alpha value is 2.57. The van der Waals surface area contributed by atoms with E-state index in [9.17, 15) is 0 Å². The van der Waals surface area contributed by atoms with Crippen molar-refractivity contribution in [3.05, 3.63) is 0 Å². The van der Waals surface area contributed by atoms with Gasteiger partial charge in [-0.2, -0.15) is 0 Å². The van der Waals surface area contributed by atoms with Crippen molar-refractivity contribution in [3.63, 3.8) is 0 Å². The molecule has 0 radical (unpaired) electrons. The van der Waals surface area contributed by atoms with Crippen LogP contribution in [0.1, 0.15) is 0 Å². The van der Waals surface area contributed by atoms with E-state index in [0.717, 1.165) is 0 Å². The molecule has 0 rings (SSSR count). The third kappa shape index (κ3) is 531. The number of hydrogen-bond donors (Lipinski definition) is 6. The molecular formula is H24Cl8N6Ni. The summed E-state index contributed by atoms with van der Waals surface area (Å²) in [6, 6.07) is 0. The Morgan fingerprint density at radius 2 is 0.200 bits per heavy atom. The van der Waals surface area contributed by atoms with Crippen LogP contribution >= 0.6 is 0 Å². The molecule has 0 aromatic carbocycles. The molecule has 0 spiro atoms. The second kappa shape index (κ2) is 607. The van der Waals surface area contributed by atoms with Crippen LogP contribution in [0.3, 0.4) is 0 Å². The standard InChI is InChI=1S/8ClH.6H3N.Ni/h8*1H;6*1H3;/q;;;;;;;;;;;;;;+2/p-2. The van der Waals surface area contributed by atoms with E-state index in [0.29, 0.717) is 0 Å². The summed E-state index contributed by atoms with van der Waals surface area (Å²) in [6.45, 7) is 0. The zero-order chi connectivity index (χ0) is 0. The van der Waals surface area contributed by atoms with Crippen LogP contribution in [0.15, 0.2) is 0 Å². The zero-order valence-electron chi connectivity index (χ0n) is 9.34. The van der Waals surface area contributed by atoms with Crippen LogP contribution < -0.4 is 136 Å². The SMILES string of the molecule is [Cl-].[Cl-].[Cl-].[Cl-].[Cl-].[Cl-].[Cl-].[Cl-].[NH4+].[NH4+].[NH4+].[NH4+].[NH4+].[NH4+].[Ni+2]. The Bertz CT molecular complexity index is 19.1. The fourth-order valence-electron chi connectivity index (χ4n) is 0. The van der Waals surface area contributed by atoms with Crippen molar-refractivity contribution in [3.8, 4) is 0 Å². The monoisotopic (exact) mass is 446 g/mol. The van der Waals surface area contributed by atoms with E-state index in [2.05, 4.69) is 0 Å². The molecule has 15 heavy (non-hydrogen) atoms. The molecule has 24 N–H and O–H groups in total. The van der Waals surface area contributed by atoms with Gasteiger partial charge in [0.1, 0.15) is 0 Å². The van der Waals surface area contributed by atoms with Crippen molar-refractivity contribution >= 4 is 0 Å². The first kappa shape index (κ1) is 729. The predicted molar refractivity (Wildman–Crippen MR) is 35.9 cm³/mol. The third-order valence-corrected chi connectivity index (χ3v) is 0. The molecular weight excluding hydrogens is 426 g/mol. The van der Waals surface area contributed by atoms with Gasteiger partial charge >= 0.3 is 16.5 Å². The Labute approximate surface area is 151 Å². The van der Waals surface area contributed by atoms with E-state index in [4.69, 9.17) is 0 Å². The fourth-order valence-corrected chi connectivity index (χ4v) is 0. The zero-order valence-corrected chi connectivity index (χ0v) is 16.4. The number of halogens is 8. The maximum absolute atomic E-state index is 0. The second-order valence-electron chi connectivity index (χ2n) is 0. The van der Waals surface area contributed by atoms with E-state index in [-0.39, 0.29) is 153 Å². The molecule has 0 fully saturated rings. The second-order valence-corrected chi connectivity index (χ2v) is 0. The molecule has 0 saturated carbocycles. The molecule has 0 bridgehead atoms. The minimum atomic E-state index is 0. The number of hydrogen-bond acceptors (Lipinski definition) is 0. The van der Waals surface area contributed by atoms with Crippen LogP contribution in [-0.2, 0) is 16.5 Å². The van der Waals surface area contributed by atoms with Crippen molar-refractivity contribution in [1.29, 1.82) is 0 Å². The summed E-state index contributed by atoms with van der Waals surface area (Å²) in [6.07, 6.45) is 0. The van der Waals surface area contributed by atoms with Gasteiger partial charge in [0.25, 0.3) is 0 Å². The van der Waals surface area contributed by atoms with Gasteiger partial charge in [-0.05, 0) is 0 Å². The largest absolute Gasteiger partial charge is 2.00 e. The third-order valence-electron chi connectivity index (χ3n) is 0. The van der Waals surface area contributed by atoms with E-state index in [1.807, 2.05) is 0 Å². The van der Waals surface area contributed by atoms with E-state index >= 15 is 0 Å². The van der Waals surface area contributed by atoms with Gasteiger partial charge < -0.3 is 136 Å². The normalized spacial score (nSPS) is 0. The van der Waals surface area contributed by atoms with Gasteiger partial charge in [0, 0.05) is 0 Å². The van der Waals surface area contributed by atoms with Crippen LogP contribution in [0.4, 0.5) is 0 Å². The maximum Gasteiger partial charge on any atom is 2.00 e. The Morgan fingerprint density at radius 1 is 0.200 bits per heavy atom.